The molecule has 2 aromatic carbocycles. The minimum Gasteiger partial charge on any atom is -0.348 e. The fraction of sp³-hybridized carbons (Fsp3) is 0.350. The van der Waals surface area contributed by atoms with Gasteiger partial charge in [-0.05, 0) is 55.8 Å². The van der Waals surface area contributed by atoms with Crippen LogP contribution in [0.5, 0.6) is 0 Å². The highest BCUT2D eigenvalue weighted by Gasteiger charge is 2.26. The van der Waals surface area contributed by atoms with Crippen molar-refractivity contribution < 1.29 is 21.6 Å². The molecule has 0 unspecified atom stereocenters. The maximum Gasteiger partial charge on any atom is 0.251 e. The van der Waals surface area contributed by atoms with Crippen LogP contribution in [0.1, 0.15) is 35.2 Å². The second-order valence-corrected chi connectivity index (χ2v) is 10.9. The highest BCUT2D eigenvalue weighted by atomic mass is 32.2. The van der Waals surface area contributed by atoms with Crippen molar-refractivity contribution in [3.63, 3.8) is 0 Å². The number of carbonyl (C=O) groups is 1. The summed E-state index contributed by atoms with van der Waals surface area (Å²) in [6.07, 6.45) is 2.69. The average molecular weight is 452 g/mol. The first-order valence-electron chi connectivity index (χ1n) is 9.65. The Morgan fingerprint density at radius 2 is 1.60 bits per heavy atom. The third kappa shape index (κ3) is 5.07. The van der Waals surface area contributed by atoms with Gasteiger partial charge in [0.15, 0.2) is 0 Å². The predicted molar refractivity (Wildman–Crippen MR) is 113 cm³/mol. The Morgan fingerprint density at radius 3 is 2.30 bits per heavy atom. The minimum absolute atomic E-state index is 0.0964. The third-order valence-corrected chi connectivity index (χ3v) is 8.29. The summed E-state index contributed by atoms with van der Waals surface area (Å²) in [7, 11) is -5.88. The molecule has 162 valence electrons. The second kappa shape index (κ2) is 9.25. The number of hydrogen-bond acceptors (Lipinski definition) is 5. The lowest BCUT2D eigenvalue weighted by molar-refractivity contribution is 0.0950. The Morgan fingerprint density at radius 1 is 0.933 bits per heavy atom. The quantitative estimate of drug-likeness (QED) is 0.665. The van der Waals surface area contributed by atoms with Crippen LogP contribution in [0, 0.1) is 0 Å². The summed E-state index contributed by atoms with van der Waals surface area (Å²) in [4.78, 5) is 12.8. The standard InChI is InChI=1S/C20H25N3O5S2/c1-21-29(25,26)18-9-5-7-16(13-18)15-22-20(24)17-8-6-10-19(14-17)30(27,28)23-11-3-2-4-12-23/h5-10,13-14,21H,2-4,11-12,15H2,1H3,(H,22,24). The van der Waals surface area contributed by atoms with Gasteiger partial charge in [-0.3, -0.25) is 4.79 Å². The van der Waals surface area contributed by atoms with Gasteiger partial charge in [0.05, 0.1) is 9.79 Å². The van der Waals surface area contributed by atoms with Crippen LogP contribution < -0.4 is 10.0 Å². The Hall–Kier alpha value is -2.27. The van der Waals surface area contributed by atoms with Crippen molar-refractivity contribution >= 4 is 26.0 Å². The molecule has 0 aliphatic carbocycles. The summed E-state index contributed by atoms with van der Waals surface area (Å²) in [5.41, 5.74) is 0.837. The van der Waals surface area contributed by atoms with Crippen molar-refractivity contribution in [1.29, 1.82) is 0 Å². The van der Waals surface area contributed by atoms with Gasteiger partial charge < -0.3 is 5.32 Å². The summed E-state index contributed by atoms with van der Waals surface area (Å²) >= 11 is 0. The first-order valence-corrected chi connectivity index (χ1v) is 12.6. The highest BCUT2D eigenvalue weighted by molar-refractivity contribution is 7.89. The molecule has 2 N–H and O–H groups in total. The van der Waals surface area contributed by atoms with E-state index >= 15 is 0 Å². The van der Waals surface area contributed by atoms with Crippen molar-refractivity contribution in [2.75, 3.05) is 20.1 Å². The molecule has 0 spiro atoms. The van der Waals surface area contributed by atoms with Gasteiger partial charge in [-0.25, -0.2) is 21.6 Å². The molecule has 2 aromatic rings. The number of amides is 1. The van der Waals surface area contributed by atoms with Crippen molar-refractivity contribution in [1.82, 2.24) is 14.3 Å². The van der Waals surface area contributed by atoms with Crippen LogP contribution in [0.2, 0.25) is 0 Å². The molecule has 0 radical (unpaired) electrons. The van der Waals surface area contributed by atoms with E-state index in [0.717, 1.165) is 19.3 Å². The van der Waals surface area contributed by atoms with E-state index in [0.29, 0.717) is 18.7 Å². The SMILES string of the molecule is CNS(=O)(=O)c1cccc(CNC(=O)c2cccc(S(=O)(=O)N3CCCCC3)c2)c1. The smallest absolute Gasteiger partial charge is 0.251 e. The fourth-order valence-corrected chi connectivity index (χ4v) is 5.64. The number of carbonyl (C=O) groups excluding carboxylic acids is 1. The van der Waals surface area contributed by atoms with E-state index in [1.54, 1.807) is 24.3 Å². The van der Waals surface area contributed by atoms with Gasteiger partial charge in [0, 0.05) is 25.2 Å². The van der Waals surface area contributed by atoms with Crippen molar-refractivity contribution in [2.24, 2.45) is 0 Å². The molecule has 3 rings (SSSR count). The molecule has 0 atom stereocenters. The maximum atomic E-state index is 12.8. The van der Waals surface area contributed by atoms with E-state index in [1.165, 1.54) is 35.6 Å². The monoisotopic (exact) mass is 451 g/mol. The molecule has 1 fully saturated rings. The molecule has 1 aliphatic heterocycles. The van der Waals surface area contributed by atoms with E-state index < -0.39 is 26.0 Å². The van der Waals surface area contributed by atoms with Crippen LogP contribution in [0.15, 0.2) is 58.3 Å². The van der Waals surface area contributed by atoms with Crippen LogP contribution >= 0.6 is 0 Å². The predicted octanol–water partition coefficient (Wildman–Crippen LogP) is 1.70. The molecule has 1 heterocycles. The van der Waals surface area contributed by atoms with Crippen LogP contribution in [-0.2, 0) is 26.6 Å². The second-order valence-electron chi connectivity index (χ2n) is 7.03. The van der Waals surface area contributed by atoms with Crippen molar-refractivity contribution in [3.8, 4) is 0 Å². The van der Waals surface area contributed by atoms with Gasteiger partial charge in [-0.2, -0.15) is 4.31 Å². The number of piperidine rings is 1. The van der Waals surface area contributed by atoms with E-state index in [-0.39, 0.29) is 21.9 Å². The largest absolute Gasteiger partial charge is 0.348 e. The molecular formula is C20H25N3O5S2. The summed E-state index contributed by atoms with van der Waals surface area (Å²) in [6.45, 7) is 1.09. The molecule has 1 aliphatic rings. The van der Waals surface area contributed by atoms with Crippen LogP contribution in [0.3, 0.4) is 0 Å². The number of hydrogen-bond donors (Lipinski definition) is 2. The van der Waals surface area contributed by atoms with Gasteiger partial charge in [0.2, 0.25) is 20.0 Å². The van der Waals surface area contributed by atoms with Gasteiger partial charge >= 0.3 is 0 Å². The average Bonchev–Trinajstić information content (AvgIpc) is 2.78. The number of benzene rings is 2. The lowest BCUT2D eigenvalue weighted by Gasteiger charge is -2.26. The lowest BCUT2D eigenvalue weighted by Crippen LogP contribution is -2.35. The Kier molecular flexibility index (Phi) is 6.91. The van der Waals surface area contributed by atoms with E-state index in [1.807, 2.05) is 0 Å². The summed E-state index contributed by atoms with van der Waals surface area (Å²) < 4.78 is 53.2. The Bertz CT molecular complexity index is 1120. The van der Waals surface area contributed by atoms with Crippen molar-refractivity contribution in [3.05, 3.63) is 59.7 Å². The van der Waals surface area contributed by atoms with Gasteiger partial charge in [0.1, 0.15) is 0 Å². The summed E-state index contributed by atoms with van der Waals surface area (Å²) in [5.74, 6) is -0.437. The van der Waals surface area contributed by atoms with Crippen molar-refractivity contribution in [2.45, 2.75) is 35.6 Å². The molecule has 1 saturated heterocycles. The molecule has 10 heteroatoms. The van der Waals surface area contributed by atoms with Crippen LogP contribution in [0.4, 0.5) is 0 Å². The number of nitrogens with zero attached hydrogens (tertiary/aromatic N) is 1. The highest BCUT2D eigenvalue weighted by Crippen LogP contribution is 2.21. The molecule has 8 nitrogen and oxygen atoms in total. The lowest BCUT2D eigenvalue weighted by atomic mass is 10.2. The maximum absolute atomic E-state index is 12.8. The Balaban J connectivity index is 1.73. The molecule has 0 saturated carbocycles. The Labute approximate surface area is 177 Å². The zero-order valence-electron chi connectivity index (χ0n) is 16.7. The minimum atomic E-state index is -3.63. The molecule has 0 bridgehead atoms. The number of sulfonamides is 2. The fourth-order valence-electron chi connectivity index (χ4n) is 3.28. The van der Waals surface area contributed by atoms with Gasteiger partial charge in [-0.1, -0.05) is 24.6 Å². The molecule has 0 aromatic heterocycles. The van der Waals surface area contributed by atoms with Gasteiger partial charge in [0.25, 0.3) is 5.91 Å². The zero-order chi connectivity index (χ0) is 21.8. The third-order valence-electron chi connectivity index (χ3n) is 4.98. The molecule has 30 heavy (non-hydrogen) atoms. The zero-order valence-corrected chi connectivity index (χ0v) is 18.3. The van der Waals surface area contributed by atoms with Crippen LogP contribution in [-0.4, -0.2) is 47.2 Å². The van der Waals surface area contributed by atoms with E-state index in [4.69, 9.17) is 0 Å². The number of nitrogens with one attached hydrogen (secondary N) is 2. The van der Waals surface area contributed by atoms with Gasteiger partial charge in [-0.15, -0.1) is 0 Å². The molecule has 1 amide bonds. The first-order chi connectivity index (χ1) is 14.2. The molecular weight excluding hydrogens is 426 g/mol. The normalized spacial score (nSPS) is 15.6. The summed E-state index contributed by atoms with van der Waals surface area (Å²) in [6, 6.07) is 12.2. The topological polar surface area (TPSA) is 113 Å². The van der Waals surface area contributed by atoms with E-state index in [9.17, 15) is 21.6 Å². The van der Waals surface area contributed by atoms with E-state index in [2.05, 4.69) is 10.0 Å². The summed E-state index contributed by atoms with van der Waals surface area (Å²) in [5, 5.41) is 2.71. The number of rotatable bonds is 7. The van der Waals surface area contributed by atoms with Crippen LogP contribution in [0.25, 0.3) is 0 Å². The first kappa shape index (κ1) is 22.4.